The van der Waals surface area contributed by atoms with Crippen molar-refractivity contribution in [3.8, 4) is 0 Å². The standard InChI is InChI=1S/C22H31N3O2/c1-14(20-13-16-5-6-17(20)12-16)24-22(27)15(2)23-18-7-9-19(10-8-18)25-11-3-4-21(25)26/h7-10,14-17,20,23H,3-6,11-13H2,1-2H3,(H,24,27)/t14-,15-,16-,17-,20-/m0/s1. The topological polar surface area (TPSA) is 61.4 Å². The zero-order valence-corrected chi connectivity index (χ0v) is 16.4. The van der Waals surface area contributed by atoms with E-state index in [1.165, 1.54) is 25.7 Å². The summed E-state index contributed by atoms with van der Waals surface area (Å²) >= 11 is 0. The Bertz CT molecular complexity index is 702. The quantitative estimate of drug-likeness (QED) is 0.806. The van der Waals surface area contributed by atoms with Gasteiger partial charge in [-0.25, -0.2) is 0 Å². The van der Waals surface area contributed by atoms with Crippen LogP contribution in [0.5, 0.6) is 0 Å². The van der Waals surface area contributed by atoms with Crippen LogP contribution in [0.2, 0.25) is 0 Å². The molecule has 1 aliphatic heterocycles. The molecule has 1 heterocycles. The molecule has 5 heteroatoms. The van der Waals surface area contributed by atoms with Gasteiger partial charge in [0, 0.05) is 30.4 Å². The van der Waals surface area contributed by atoms with E-state index in [4.69, 9.17) is 0 Å². The second kappa shape index (κ2) is 7.53. The molecule has 1 aromatic carbocycles. The molecule has 2 N–H and O–H groups in total. The van der Waals surface area contributed by atoms with E-state index in [2.05, 4.69) is 17.6 Å². The van der Waals surface area contributed by atoms with Gasteiger partial charge < -0.3 is 15.5 Å². The summed E-state index contributed by atoms with van der Waals surface area (Å²) in [6.45, 7) is 4.87. The molecule has 4 rings (SSSR count). The van der Waals surface area contributed by atoms with Gasteiger partial charge in [0.25, 0.3) is 0 Å². The summed E-state index contributed by atoms with van der Waals surface area (Å²) in [5.41, 5.74) is 1.84. The molecule has 3 aliphatic rings. The number of amides is 2. The number of carbonyl (C=O) groups excluding carboxylic acids is 2. The number of hydrogen-bond donors (Lipinski definition) is 2. The number of benzene rings is 1. The van der Waals surface area contributed by atoms with Crippen molar-refractivity contribution >= 4 is 23.2 Å². The molecule has 146 valence electrons. The van der Waals surface area contributed by atoms with Gasteiger partial charge in [0.15, 0.2) is 0 Å². The van der Waals surface area contributed by atoms with E-state index in [-0.39, 0.29) is 23.9 Å². The first kappa shape index (κ1) is 18.3. The first-order chi connectivity index (χ1) is 13.0. The number of fused-ring (bicyclic) bond motifs is 2. The summed E-state index contributed by atoms with van der Waals surface area (Å²) in [5.74, 6) is 2.62. The molecule has 5 nitrogen and oxygen atoms in total. The number of anilines is 2. The summed E-state index contributed by atoms with van der Waals surface area (Å²) in [4.78, 5) is 26.3. The third-order valence-corrected chi connectivity index (χ3v) is 6.83. The third kappa shape index (κ3) is 3.83. The van der Waals surface area contributed by atoms with Gasteiger partial charge in [0.1, 0.15) is 6.04 Å². The van der Waals surface area contributed by atoms with E-state index in [1.54, 1.807) is 0 Å². The van der Waals surface area contributed by atoms with E-state index in [9.17, 15) is 9.59 Å². The van der Waals surface area contributed by atoms with Gasteiger partial charge in [-0.15, -0.1) is 0 Å². The van der Waals surface area contributed by atoms with E-state index in [1.807, 2.05) is 36.1 Å². The molecule has 0 spiro atoms. The molecule has 2 aliphatic carbocycles. The van der Waals surface area contributed by atoms with Crippen molar-refractivity contribution in [3.63, 3.8) is 0 Å². The van der Waals surface area contributed by atoms with Crippen LogP contribution >= 0.6 is 0 Å². The second-order valence-electron chi connectivity index (χ2n) is 8.70. The predicted octanol–water partition coefficient (Wildman–Crippen LogP) is 3.55. The molecule has 27 heavy (non-hydrogen) atoms. The first-order valence-corrected chi connectivity index (χ1v) is 10.5. The van der Waals surface area contributed by atoms with Gasteiger partial charge in [0.2, 0.25) is 11.8 Å². The summed E-state index contributed by atoms with van der Waals surface area (Å²) < 4.78 is 0. The molecule has 0 unspecified atom stereocenters. The van der Waals surface area contributed by atoms with Gasteiger partial charge in [-0.3, -0.25) is 9.59 Å². The molecule has 0 aromatic heterocycles. The van der Waals surface area contributed by atoms with Gasteiger partial charge in [-0.1, -0.05) is 6.42 Å². The molecular formula is C22H31N3O2. The number of rotatable bonds is 6. The minimum absolute atomic E-state index is 0.0593. The van der Waals surface area contributed by atoms with Crippen LogP contribution in [0.4, 0.5) is 11.4 Å². The van der Waals surface area contributed by atoms with Gasteiger partial charge in [-0.2, -0.15) is 0 Å². The molecule has 3 fully saturated rings. The zero-order chi connectivity index (χ0) is 19.0. The molecular weight excluding hydrogens is 338 g/mol. The van der Waals surface area contributed by atoms with Crippen LogP contribution in [0.25, 0.3) is 0 Å². The number of nitrogens with zero attached hydrogens (tertiary/aromatic N) is 1. The Kier molecular flexibility index (Phi) is 5.11. The normalized spacial score (nSPS) is 29.0. The lowest BCUT2D eigenvalue weighted by atomic mass is 9.84. The Morgan fingerprint density at radius 1 is 1.15 bits per heavy atom. The Labute approximate surface area is 161 Å². The molecule has 2 amide bonds. The Morgan fingerprint density at radius 3 is 2.52 bits per heavy atom. The smallest absolute Gasteiger partial charge is 0.242 e. The zero-order valence-electron chi connectivity index (χ0n) is 16.4. The van der Waals surface area contributed by atoms with Crippen LogP contribution in [0, 0.1) is 17.8 Å². The fourth-order valence-corrected chi connectivity index (χ4v) is 5.34. The summed E-state index contributed by atoms with van der Waals surface area (Å²) in [5, 5.41) is 6.52. The van der Waals surface area contributed by atoms with Crippen molar-refractivity contribution in [3.05, 3.63) is 24.3 Å². The summed E-state index contributed by atoms with van der Waals surface area (Å²) in [6, 6.07) is 7.77. The van der Waals surface area contributed by atoms with Crippen LogP contribution in [-0.4, -0.2) is 30.4 Å². The van der Waals surface area contributed by atoms with E-state index >= 15 is 0 Å². The fraction of sp³-hybridized carbons (Fsp3) is 0.636. The van der Waals surface area contributed by atoms with Crippen molar-refractivity contribution in [1.29, 1.82) is 0 Å². The average Bonchev–Trinajstić information content (AvgIpc) is 3.39. The highest BCUT2D eigenvalue weighted by molar-refractivity contribution is 5.95. The van der Waals surface area contributed by atoms with Crippen molar-refractivity contribution in [1.82, 2.24) is 5.32 Å². The van der Waals surface area contributed by atoms with Crippen molar-refractivity contribution in [2.24, 2.45) is 17.8 Å². The van der Waals surface area contributed by atoms with Gasteiger partial charge in [0.05, 0.1) is 0 Å². The number of nitrogens with one attached hydrogen (secondary N) is 2. The maximum absolute atomic E-state index is 12.6. The van der Waals surface area contributed by atoms with Gasteiger partial charge >= 0.3 is 0 Å². The largest absolute Gasteiger partial charge is 0.374 e. The van der Waals surface area contributed by atoms with Crippen molar-refractivity contribution < 1.29 is 9.59 Å². The van der Waals surface area contributed by atoms with Gasteiger partial charge in [-0.05, 0) is 81.5 Å². The molecule has 5 atom stereocenters. The number of carbonyl (C=O) groups is 2. The highest BCUT2D eigenvalue weighted by Crippen LogP contribution is 2.49. The van der Waals surface area contributed by atoms with E-state index in [0.717, 1.165) is 36.2 Å². The lowest BCUT2D eigenvalue weighted by molar-refractivity contribution is -0.122. The third-order valence-electron chi connectivity index (χ3n) is 6.83. The number of hydrogen-bond acceptors (Lipinski definition) is 3. The molecule has 1 aromatic rings. The Balaban J connectivity index is 1.29. The fourth-order valence-electron chi connectivity index (χ4n) is 5.34. The van der Waals surface area contributed by atoms with Crippen LogP contribution in [0.15, 0.2) is 24.3 Å². The predicted molar refractivity (Wildman–Crippen MR) is 108 cm³/mol. The molecule has 2 saturated carbocycles. The lowest BCUT2D eigenvalue weighted by Gasteiger charge is -2.29. The van der Waals surface area contributed by atoms with Crippen LogP contribution < -0.4 is 15.5 Å². The van der Waals surface area contributed by atoms with Crippen molar-refractivity contribution in [2.75, 3.05) is 16.8 Å². The SMILES string of the molecule is C[C@H](Nc1ccc(N2CCCC2=O)cc1)C(=O)N[C@@H](C)[C@@H]1C[C@H]2CC[C@H]1C2. The first-order valence-electron chi connectivity index (χ1n) is 10.5. The minimum Gasteiger partial charge on any atom is -0.374 e. The molecule has 1 saturated heterocycles. The van der Waals surface area contributed by atoms with Crippen molar-refractivity contribution in [2.45, 2.75) is 64.5 Å². The highest BCUT2D eigenvalue weighted by Gasteiger charge is 2.42. The molecule has 2 bridgehead atoms. The average molecular weight is 370 g/mol. The van der Waals surface area contributed by atoms with E-state index in [0.29, 0.717) is 12.3 Å². The Morgan fingerprint density at radius 2 is 1.93 bits per heavy atom. The van der Waals surface area contributed by atoms with Crippen LogP contribution in [0.1, 0.15) is 52.4 Å². The summed E-state index contributed by atoms with van der Waals surface area (Å²) in [7, 11) is 0. The maximum Gasteiger partial charge on any atom is 0.242 e. The second-order valence-corrected chi connectivity index (χ2v) is 8.70. The van der Waals surface area contributed by atoms with Crippen LogP contribution in [-0.2, 0) is 9.59 Å². The monoisotopic (exact) mass is 369 g/mol. The van der Waals surface area contributed by atoms with Crippen LogP contribution in [0.3, 0.4) is 0 Å². The Hall–Kier alpha value is -2.04. The summed E-state index contributed by atoms with van der Waals surface area (Å²) in [6.07, 6.45) is 6.94. The lowest BCUT2D eigenvalue weighted by Crippen LogP contribution is -2.46. The van der Waals surface area contributed by atoms with E-state index < -0.39 is 0 Å². The maximum atomic E-state index is 12.6. The molecule has 0 radical (unpaired) electrons. The highest BCUT2D eigenvalue weighted by atomic mass is 16.2. The minimum atomic E-state index is -0.287.